The van der Waals surface area contributed by atoms with Crippen LogP contribution in [0.15, 0.2) is 83.3 Å². The minimum Gasteiger partial charge on any atom is -0.464 e. The maximum absolute atomic E-state index is 12.3. The molecule has 0 unspecified atom stereocenters. The highest BCUT2D eigenvalue weighted by Gasteiger charge is 2.18. The molecule has 6 heteroatoms. The van der Waals surface area contributed by atoms with Gasteiger partial charge in [-0.15, -0.1) is 0 Å². The Morgan fingerprint density at radius 1 is 0.900 bits per heavy atom. The third-order valence-electron chi connectivity index (χ3n) is 4.58. The fourth-order valence-corrected chi connectivity index (χ4v) is 3.25. The fourth-order valence-electron chi connectivity index (χ4n) is 2.99. The normalized spacial score (nSPS) is 10.6. The van der Waals surface area contributed by atoms with Crippen molar-refractivity contribution < 1.29 is 14.3 Å². The Balaban J connectivity index is 1.64. The molecule has 0 aliphatic rings. The number of aromatic nitrogens is 2. The first-order valence-corrected chi connectivity index (χ1v) is 10.1. The zero-order chi connectivity index (χ0) is 21.1. The van der Waals surface area contributed by atoms with Crippen molar-refractivity contribution >= 4 is 21.9 Å². The highest BCUT2D eigenvalue weighted by atomic mass is 79.9. The first-order valence-electron chi connectivity index (χ1n) is 9.33. The van der Waals surface area contributed by atoms with Gasteiger partial charge >= 0.3 is 5.97 Å². The van der Waals surface area contributed by atoms with Crippen LogP contribution in [0, 0.1) is 6.92 Å². The van der Waals surface area contributed by atoms with Crippen LogP contribution in [0.3, 0.4) is 0 Å². The molecular formula is C24H19BrN2O3. The average molecular weight is 463 g/mol. The number of halogens is 1. The summed E-state index contributed by atoms with van der Waals surface area (Å²) in [5.74, 6) is 1.06. The lowest BCUT2D eigenvalue weighted by Crippen LogP contribution is -2.10. The molecule has 0 atom stereocenters. The SMILES string of the molecule is COC(=O)c1cc(-c2ccc(Oc3ccc(C)cc3)cc2)nn1-c1ccc(Br)cc1. The van der Waals surface area contributed by atoms with Crippen molar-refractivity contribution in [2.24, 2.45) is 0 Å². The molecule has 0 aliphatic carbocycles. The Labute approximate surface area is 183 Å². The molecule has 1 heterocycles. The number of nitrogens with zero attached hydrogens (tertiary/aromatic N) is 2. The topological polar surface area (TPSA) is 53.4 Å². The molecule has 4 rings (SSSR count). The van der Waals surface area contributed by atoms with Crippen molar-refractivity contribution in [3.63, 3.8) is 0 Å². The number of benzene rings is 3. The quantitative estimate of drug-likeness (QED) is 0.331. The van der Waals surface area contributed by atoms with E-state index in [2.05, 4.69) is 21.0 Å². The van der Waals surface area contributed by atoms with Crippen LogP contribution in [0.4, 0.5) is 0 Å². The lowest BCUT2D eigenvalue weighted by Gasteiger charge is -2.07. The van der Waals surface area contributed by atoms with Crippen LogP contribution >= 0.6 is 15.9 Å². The van der Waals surface area contributed by atoms with Crippen molar-refractivity contribution in [3.05, 3.63) is 94.6 Å². The minimum atomic E-state index is -0.448. The summed E-state index contributed by atoms with van der Waals surface area (Å²) in [6, 6.07) is 24.8. The average Bonchev–Trinajstić information content (AvgIpc) is 3.21. The van der Waals surface area contributed by atoms with E-state index in [-0.39, 0.29) is 0 Å². The molecule has 30 heavy (non-hydrogen) atoms. The molecule has 0 fully saturated rings. The number of carbonyl (C=O) groups is 1. The lowest BCUT2D eigenvalue weighted by atomic mass is 10.1. The van der Waals surface area contributed by atoms with Gasteiger partial charge in [0.05, 0.1) is 18.5 Å². The third-order valence-corrected chi connectivity index (χ3v) is 5.11. The van der Waals surface area contributed by atoms with Crippen LogP contribution in [-0.2, 0) is 4.74 Å². The van der Waals surface area contributed by atoms with Gasteiger partial charge < -0.3 is 9.47 Å². The number of esters is 1. The molecule has 0 aliphatic heterocycles. The van der Waals surface area contributed by atoms with E-state index in [0.29, 0.717) is 11.4 Å². The molecular weight excluding hydrogens is 444 g/mol. The summed E-state index contributed by atoms with van der Waals surface area (Å²) in [6.45, 7) is 2.04. The lowest BCUT2D eigenvalue weighted by molar-refractivity contribution is 0.0590. The van der Waals surface area contributed by atoms with Gasteiger partial charge in [-0.05, 0) is 73.7 Å². The number of aryl methyl sites for hydroxylation is 1. The van der Waals surface area contributed by atoms with Gasteiger partial charge in [0.1, 0.15) is 11.5 Å². The molecule has 0 radical (unpaired) electrons. The van der Waals surface area contributed by atoms with Crippen LogP contribution in [0.25, 0.3) is 16.9 Å². The van der Waals surface area contributed by atoms with Crippen molar-refractivity contribution in [1.82, 2.24) is 9.78 Å². The maximum atomic E-state index is 12.3. The molecule has 150 valence electrons. The number of rotatable bonds is 5. The van der Waals surface area contributed by atoms with Crippen molar-refractivity contribution in [2.75, 3.05) is 7.11 Å². The second-order valence-electron chi connectivity index (χ2n) is 6.73. The van der Waals surface area contributed by atoms with E-state index in [1.54, 1.807) is 10.7 Å². The second-order valence-corrected chi connectivity index (χ2v) is 7.65. The van der Waals surface area contributed by atoms with Gasteiger partial charge in [-0.2, -0.15) is 5.10 Å². The number of hydrogen-bond donors (Lipinski definition) is 0. The molecule has 0 saturated heterocycles. The maximum Gasteiger partial charge on any atom is 0.356 e. The Morgan fingerprint density at radius 2 is 1.50 bits per heavy atom. The highest BCUT2D eigenvalue weighted by molar-refractivity contribution is 9.10. The molecule has 5 nitrogen and oxygen atoms in total. The van der Waals surface area contributed by atoms with E-state index < -0.39 is 5.97 Å². The standard InChI is InChI=1S/C24H19BrN2O3/c1-16-3-11-20(12-4-16)30-21-13-5-17(6-14-21)22-15-23(24(28)29-2)27(26-22)19-9-7-18(25)8-10-19/h3-15H,1-2H3. The predicted octanol–water partition coefficient (Wildman–Crippen LogP) is 6.19. The van der Waals surface area contributed by atoms with Gasteiger partial charge in [0.2, 0.25) is 0 Å². The Kier molecular flexibility index (Phi) is 5.68. The van der Waals surface area contributed by atoms with Crippen LogP contribution in [0.2, 0.25) is 0 Å². The zero-order valence-electron chi connectivity index (χ0n) is 16.5. The smallest absolute Gasteiger partial charge is 0.356 e. The summed E-state index contributed by atoms with van der Waals surface area (Å²) in [6.07, 6.45) is 0. The van der Waals surface area contributed by atoms with Crippen LogP contribution in [0.1, 0.15) is 16.1 Å². The van der Waals surface area contributed by atoms with E-state index in [0.717, 1.165) is 27.2 Å². The Hall–Kier alpha value is -3.38. The molecule has 0 bridgehead atoms. The van der Waals surface area contributed by atoms with Gasteiger partial charge in [-0.1, -0.05) is 33.6 Å². The molecule has 0 saturated carbocycles. The molecule has 4 aromatic rings. The zero-order valence-corrected chi connectivity index (χ0v) is 18.1. The number of carbonyl (C=O) groups excluding carboxylic acids is 1. The van der Waals surface area contributed by atoms with Gasteiger partial charge in [0.15, 0.2) is 5.69 Å². The van der Waals surface area contributed by atoms with E-state index in [1.165, 1.54) is 12.7 Å². The molecule has 0 N–H and O–H groups in total. The first-order chi connectivity index (χ1) is 14.5. The van der Waals surface area contributed by atoms with Crippen LogP contribution < -0.4 is 4.74 Å². The highest BCUT2D eigenvalue weighted by Crippen LogP contribution is 2.27. The summed E-state index contributed by atoms with van der Waals surface area (Å²) >= 11 is 3.42. The van der Waals surface area contributed by atoms with E-state index in [9.17, 15) is 4.79 Å². The van der Waals surface area contributed by atoms with Crippen molar-refractivity contribution in [3.8, 4) is 28.4 Å². The molecule has 1 aromatic heterocycles. The first kappa shape index (κ1) is 19.9. The monoisotopic (exact) mass is 462 g/mol. The Bertz CT molecular complexity index is 1160. The van der Waals surface area contributed by atoms with Gasteiger partial charge in [0, 0.05) is 10.0 Å². The second kappa shape index (κ2) is 8.55. The van der Waals surface area contributed by atoms with E-state index in [4.69, 9.17) is 9.47 Å². The summed E-state index contributed by atoms with van der Waals surface area (Å²) in [5, 5.41) is 4.63. The summed E-state index contributed by atoms with van der Waals surface area (Å²) in [7, 11) is 1.36. The summed E-state index contributed by atoms with van der Waals surface area (Å²) < 4.78 is 13.4. The largest absolute Gasteiger partial charge is 0.464 e. The number of methoxy groups -OCH3 is 1. The van der Waals surface area contributed by atoms with Crippen molar-refractivity contribution in [1.29, 1.82) is 0 Å². The fraction of sp³-hybridized carbons (Fsp3) is 0.0833. The molecule has 0 amide bonds. The minimum absolute atomic E-state index is 0.356. The number of hydrogen-bond acceptors (Lipinski definition) is 4. The van der Waals surface area contributed by atoms with Gasteiger partial charge in [-0.3, -0.25) is 0 Å². The van der Waals surface area contributed by atoms with Crippen molar-refractivity contribution in [2.45, 2.75) is 6.92 Å². The van der Waals surface area contributed by atoms with Crippen LogP contribution in [0.5, 0.6) is 11.5 Å². The molecule has 3 aromatic carbocycles. The van der Waals surface area contributed by atoms with Gasteiger partial charge in [-0.25, -0.2) is 9.48 Å². The van der Waals surface area contributed by atoms with Crippen LogP contribution in [-0.4, -0.2) is 22.9 Å². The third kappa shape index (κ3) is 4.28. The van der Waals surface area contributed by atoms with E-state index >= 15 is 0 Å². The van der Waals surface area contributed by atoms with E-state index in [1.807, 2.05) is 79.7 Å². The molecule has 0 spiro atoms. The summed E-state index contributed by atoms with van der Waals surface area (Å²) in [5.41, 5.74) is 3.84. The summed E-state index contributed by atoms with van der Waals surface area (Å²) in [4.78, 5) is 12.3. The predicted molar refractivity (Wildman–Crippen MR) is 119 cm³/mol. The Morgan fingerprint density at radius 3 is 2.10 bits per heavy atom. The number of ether oxygens (including phenoxy) is 2. The van der Waals surface area contributed by atoms with Gasteiger partial charge in [0.25, 0.3) is 0 Å².